The molecule has 5 rings (SSSR count). The van der Waals surface area contributed by atoms with E-state index >= 15 is 0 Å². The minimum atomic E-state index is -0.580. The van der Waals surface area contributed by atoms with E-state index in [2.05, 4.69) is 25.4 Å². The molecule has 8 nitrogen and oxygen atoms in total. The van der Waals surface area contributed by atoms with E-state index in [1.165, 1.54) is 12.1 Å². The van der Waals surface area contributed by atoms with Crippen molar-refractivity contribution in [3.05, 3.63) is 111 Å². The summed E-state index contributed by atoms with van der Waals surface area (Å²) in [6, 6.07) is 17.5. The molecule has 0 amide bonds. The first-order chi connectivity index (χ1) is 18.2. The topological polar surface area (TPSA) is 92.8 Å². The third-order valence-electron chi connectivity index (χ3n) is 6.69. The Bertz CT molecular complexity index is 1580. The smallest absolute Gasteiger partial charge is 0.253 e. The van der Waals surface area contributed by atoms with Gasteiger partial charge in [-0.1, -0.05) is 30.3 Å². The molecule has 1 N–H and O–H groups in total. The second-order valence-corrected chi connectivity index (χ2v) is 10.5. The molecule has 0 radical (unpaired) electrons. The molecule has 0 aliphatic heterocycles. The average Bonchev–Trinajstić information content (AvgIpc) is 3.57. The summed E-state index contributed by atoms with van der Waals surface area (Å²) in [5.74, 6) is 1.03. The highest BCUT2D eigenvalue weighted by atomic mass is 19.1. The number of rotatable bonds is 8. The lowest BCUT2D eigenvalue weighted by atomic mass is 10.00. The molecule has 3 heterocycles. The van der Waals surface area contributed by atoms with Gasteiger partial charge in [-0.25, -0.2) is 9.07 Å². The number of H-pyrrole nitrogens is 1. The number of aromatic amines is 1. The Morgan fingerprint density at radius 2 is 1.89 bits per heavy atom. The maximum atomic E-state index is 13.7. The van der Waals surface area contributed by atoms with Crippen LogP contribution in [0.1, 0.15) is 55.1 Å². The van der Waals surface area contributed by atoms with Gasteiger partial charge in [-0.05, 0) is 91.4 Å². The van der Waals surface area contributed by atoms with Gasteiger partial charge < -0.3 is 9.40 Å². The maximum Gasteiger partial charge on any atom is 0.253 e. The number of fused-ring (bicyclic) bond motifs is 1. The standard InChI is InChI=1S/C29H31FN6O2/c1-19-7-5-8-21-17-24(28(37)31-25(19)21)26(27-32-33-34-36(27)29(2,3)4)35(18-23-9-6-16-38-23)15-14-20-10-12-22(30)13-11-20/h5-13,16-17,26H,14-15,18H2,1-4H3,(H,31,37)/t26-/m1/s1. The lowest BCUT2D eigenvalue weighted by molar-refractivity contribution is 0.181. The van der Waals surface area contributed by atoms with Gasteiger partial charge in [0.15, 0.2) is 5.82 Å². The number of para-hydroxylation sites is 1. The third kappa shape index (κ3) is 5.28. The number of nitrogens with zero attached hydrogens (tertiary/aromatic N) is 5. The lowest BCUT2D eigenvalue weighted by Gasteiger charge is -2.32. The van der Waals surface area contributed by atoms with Crippen molar-refractivity contribution in [3.63, 3.8) is 0 Å². The van der Waals surface area contributed by atoms with Crippen LogP contribution in [0, 0.1) is 12.7 Å². The first kappa shape index (κ1) is 25.5. The quantitative estimate of drug-likeness (QED) is 0.308. The molecule has 0 aliphatic rings. The van der Waals surface area contributed by atoms with Crippen molar-refractivity contribution in [2.24, 2.45) is 0 Å². The highest BCUT2D eigenvalue weighted by Gasteiger charge is 2.33. The number of furan rings is 1. The Kier molecular flexibility index (Phi) is 6.94. The van der Waals surface area contributed by atoms with E-state index < -0.39 is 11.6 Å². The number of aryl methyl sites for hydroxylation is 1. The number of tetrazole rings is 1. The molecule has 5 aromatic rings. The molecule has 0 saturated heterocycles. The minimum Gasteiger partial charge on any atom is -0.468 e. The second-order valence-electron chi connectivity index (χ2n) is 10.5. The molecule has 38 heavy (non-hydrogen) atoms. The molecule has 0 bridgehead atoms. The zero-order valence-corrected chi connectivity index (χ0v) is 22.0. The van der Waals surface area contributed by atoms with Gasteiger partial charge in [0.05, 0.1) is 23.9 Å². The monoisotopic (exact) mass is 514 g/mol. The molecule has 0 aliphatic carbocycles. The highest BCUT2D eigenvalue weighted by Crippen LogP contribution is 2.31. The Balaban J connectivity index is 1.66. The summed E-state index contributed by atoms with van der Waals surface area (Å²) in [6.45, 7) is 9.00. The van der Waals surface area contributed by atoms with Gasteiger partial charge in [-0.3, -0.25) is 9.69 Å². The van der Waals surface area contributed by atoms with Gasteiger partial charge in [0, 0.05) is 12.1 Å². The number of nitrogens with one attached hydrogen (secondary N) is 1. The fraction of sp³-hybridized carbons (Fsp3) is 0.310. The molecule has 0 spiro atoms. The number of halogens is 1. The Labute approximate surface area is 220 Å². The highest BCUT2D eigenvalue weighted by molar-refractivity contribution is 5.82. The summed E-state index contributed by atoms with van der Waals surface area (Å²) in [4.78, 5) is 18.9. The first-order valence-corrected chi connectivity index (χ1v) is 12.6. The summed E-state index contributed by atoms with van der Waals surface area (Å²) >= 11 is 0. The van der Waals surface area contributed by atoms with Crippen LogP contribution in [0.4, 0.5) is 4.39 Å². The number of hydrogen-bond donors (Lipinski definition) is 1. The van der Waals surface area contributed by atoms with Gasteiger partial charge in [-0.15, -0.1) is 5.10 Å². The summed E-state index contributed by atoms with van der Waals surface area (Å²) in [6.07, 6.45) is 2.26. The minimum absolute atomic E-state index is 0.202. The number of aromatic nitrogens is 5. The van der Waals surface area contributed by atoms with Crippen LogP contribution in [0.25, 0.3) is 10.9 Å². The Morgan fingerprint density at radius 3 is 2.61 bits per heavy atom. The number of benzene rings is 2. The summed E-state index contributed by atoms with van der Waals surface area (Å²) in [7, 11) is 0. The van der Waals surface area contributed by atoms with Crippen molar-refractivity contribution in [1.29, 1.82) is 0 Å². The van der Waals surface area contributed by atoms with Gasteiger partial charge in [0.25, 0.3) is 5.56 Å². The molecule has 3 aromatic heterocycles. The van der Waals surface area contributed by atoms with E-state index in [1.807, 2.05) is 64.1 Å². The molecule has 0 unspecified atom stereocenters. The zero-order valence-electron chi connectivity index (χ0n) is 22.0. The molecular weight excluding hydrogens is 483 g/mol. The van der Waals surface area contributed by atoms with Crippen molar-refractivity contribution in [3.8, 4) is 0 Å². The summed E-state index contributed by atoms with van der Waals surface area (Å²) in [5.41, 5.74) is 2.68. The van der Waals surface area contributed by atoms with Crippen molar-refractivity contribution < 1.29 is 8.81 Å². The van der Waals surface area contributed by atoms with E-state index in [1.54, 1.807) is 23.1 Å². The van der Waals surface area contributed by atoms with Crippen LogP contribution in [-0.2, 0) is 18.5 Å². The molecule has 0 fully saturated rings. The lowest BCUT2D eigenvalue weighted by Crippen LogP contribution is -2.38. The average molecular weight is 515 g/mol. The van der Waals surface area contributed by atoms with Crippen molar-refractivity contribution in [2.75, 3.05) is 6.54 Å². The largest absolute Gasteiger partial charge is 0.468 e. The molecule has 1 atom stereocenters. The Morgan fingerprint density at radius 1 is 1.11 bits per heavy atom. The molecule has 2 aromatic carbocycles. The summed E-state index contributed by atoms with van der Waals surface area (Å²) < 4.78 is 21.0. The SMILES string of the molecule is Cc1cccc2cc([C@H](c3nnnn3C(C)(C)C)N(CCc3ccc(F)cc3)Cc3ccco3)c(=O)[nH]c12. The van der Waals surface area contributed by atoms with Gasteiger partial charge in [0.1, 0.15) is 17.6 Å². The van der Waals surface area contributed by atoms with Crippen LogP contribution in [-0.4, -0.2) is 36.6 Å². The van der Waals surface area contributed by atoms with Gasteiger partial charge in [-0.2, -0.15) is 0 Å². The van der Waals surface area contributed by atoms with Crippen LogP contribution in [0.15, 0.2) is 76.1 Å². The van der Waals surface area contributed by atoms with Crippen LogP contribution in [0.5, 0.6) is 0 Å². The van der Waals surface area contributed by atoms with Crippen LogP contribution >= 0.6 is 0 Å². The van der Waals surface area contributed by atoms with Crippen molar-refractivity contribution in [1.82, 2.24) is 30.1 Å². The maximum absolute atomic E-state index is 13.7. The Hall–Kier alpha value is -4.11. The summed E-state index contributed by atoms with van der Waals surface area (Å²) in [5, 5.41) is 13.7. The van der Waals surface area contributed by atoms with Crippen LogP contribution in [0.3, 0.4) is 0 Å². The normalized spacial score (nSPS) is 12.9. The third-order valence-corrected chi connectivity index (χ3v) is 6.69. The van der Waals surface area contributed by atoms with Crippen LogP contribution in [0.2, 0.25) is 0 Å². The second kappa shape index (κ2) is 10.3. The van der Waals surface area contributed by atoms with Gasteiger partial charge in [0.2, 0.25) is 0 Å². The molecule has 196 valence electrons. The molecule has 9 heteroatoms. The van der Waals surface area contributed by atoms with E-state index in [9.17, 15) is 9.18 Å². The van der Waals surface area contributed by atoms with E-state index in [-0.39, 0.29) is 11.4 Å². The molecular formula is C29H31FN6O2. The van der Waals surface area contributed by atoms with E-state index in [0.29, 0.717) is 30.9 Å². The van der Waals surface area contributed by atoms with Crippen LogP contribution < -0.4 is 5.56 Å². The van der Waals surface area contributed by atoms with Crippen molar-refractivity contribution in [2.45, 2.75) is 52.2 Å². The number of hydrogen-bond acceptors (Lipinski definition) is 6. The van der Waals surface area contributed by atoms with Crippen molar-refractivity contribution >= 4 is 10.9 Å². The predicted octanol–water partition coefficient (Wildman–Crippen LogP) is 5.14. The van der Waals surface area contributed by atoms with E-state index in [4.69, 9.17) is 4.42 Å². The number of pyridine rings is 1. The fourth-order valence-electron chi connectivity index (χ4n) is 4.77. The van der Waals surface area contributed by atoms with Gasteiger partial charge >= 0.3 is 0 Å². The molecule has 0 saturated carbocycles. The zero-order chi connectivity index (χ0) is 26.9. The predicted molar refractivity (Wildman–Crippen MR) is 143 cm³/mol. The first-order valence-electron chi connectivity index (χ1n) is 12.6. The fourth-order valence-corrected chi connectivity index (χ4v) is 4.77. The van der Waals surface area contributed by atoms with E-state index in [0.717, 1.165) is 27.8 Å².